The highest BCUT2D eigenvalue weighted by Gasteiger charge is 2.13. The second-order valence-corrected chi connectivity index (χ2v) is 5.78. The van der Waals surface area contributed by atoms with Crippen molar-refractivity contribution in [2.45, 2.75) is 4.90 Å². The van der Waals surface area contributed by atoms with Crippen LogP contribution in [0.5, 0.6) is 0 Å². The molecule has 0 aliphatic heterocycles. The van der Waals surface area contributed by atoms with Crippen LogP contribution in [0.4, 0.5) is 5.69 Å². The van der Waals surface area contributed by atoms with E-state index in [0.717, 1.165) is 0 Å². The summed E-state index contributed by atoms with van der Waals surface area (Å²) in [7, 11) is 1.74. The minimum absolute atomic E-state index is 0.0827. The Labute approximate surface area is 131 Å². The summed E-state index contributed by atoms with van der Waals surface area (Å²) in [5.41, 5.74) is 6.66. The molecule has 110 valence electrons. The number of benzene rings is 1. The number of nitrogens with two attached hydrogens (primary N) is 1. The van der Waals surface area contributed by atoms with E-state index in [9.17, 15) is 9.59 Å². The predicted octanol–water partition coefficient (Wildman–Crippen LogP) is 2.31. The zero-order chi connectivity index (χ0) is 15.4. The van der Waals surface area contributed by atoms with Gasteiger partial charge in [-0.2, -0.15) is 0 Å². The number of nitrogens with one attached hydrogen (secondary N) is 1. The lowest BCUT2D eigenvalue weighted by Gasteiger charge is -2.07. The van der Waals surface area contributed by atoms with Crippen LogP contribution in [0.1, 0.15) is 10.5 Å². The van der Waals surface area contributed by atoms with E-state index in [1.807, 2.05) is 0 Å². The molecule has 0 aliphatic carbocycles. The highest BCUT2D eigenvalue weighted by molar-refractivity contribution is 8.00. The number of nitrogen functional groups attached to an aromatic ring is 1. The van der Waals surface area contributed by atoms with Gasteiger partial charge in [-0.15, -0.1) is 11.8 Å². The Morgan fingerprint density at radius 1 is 1.38 bits per heavy atom. The molecule has 1 heterocycles. The number of aryl methyl sites for hydroxylation is 1. The maximum absolute atomic E-state index is 11.9. The Morgan fingerprint density at radius 3 is 2.81 bits per heavy atom. The quantitative estimate of drug-likeness (QED) is 0.668. The molecule has 1 aromatic heterocycles. The van der Waals surface area contributed by atoms with Gasteiger partial charge in [0.05, 0.1) is 10.8 Å². The number of carbonyl (C=O) groups is 2. The lowest BCUT2D eigenvalue weighted by molar-refractivity contribution is -0.117. The van der Waals surface area contributed by atoms with Gasteiger partial charge < -0.3 is 10.3 Å². The molecule has 0 spiro atoms. The first-order chi connectivity index (χ1) is 9.97. The molecule has 7 heteroatoms. The number of halogens is 1. The van der Waals surface area contributed by atoms with E-state index in [0.29, 0.717) is 21.3 Å². The molecule has 0 aliphatic rings. The number of hydrogen-bond acceptors (Lipinski definition) is 4. The number of aromatic nitrogens is 1. The first-order valence-electron chi connectivity index (χ1n) is 6.10. The SMILES string of the molecule is Cn1cccc1C(=O)NC(=O)CSc1cc(N)ccc1Cl. The second-order valence-electron chi connectivity index (χ2n) is 4.36. The van der Waals surface area contributed by atoms with Crippen molar-refractivity contribution in [3.63, 3.8) is 0 Å². The van der Waals surface area contributed by atoms with Crippen molar-refractivity contribution in [3.05, 3.63) is 47.2 Å². The largest absolute Gasteiger partial charge is 0.399 e. The summed E-state index contributed by atoms with van der Waals surface area (Å²) < 4.78 is 1.64. The maximum Gasteiger partial charge on any atom is 0.274 e. The molecule has 0 saturated carbocycles. The van der Waals surface area contributed by atoms with Gasteiger partial charge in [0.2, 0.25) is 5.91 Å². The average Bonchev–Trinajstić information content (AvgIpc) is 2.86. The summed E-state index contributed by atoms with van der Waals surface area (Å²) in [6.45, 7) is 0. The van der Waals surface area contributed by atoms with Crippen molar-refractivity contribution in [1.29, 1.82) is 0 Å². The predicted molar refractivity (Wildman–Crippen MR) is 84.5 cm³/mol. The Hall–Kier alpha value is -1.92. The Bertz CT molecular complexity index is 685. The summed E-state index contributed by atoms with van der Waals surface area (Å²) in [5, 5.41) is 2.86. The van der Waals surface area contributed by atoms with Crippen LogP contribution in [-0.4, -0.2) is 22.1 Å². The van der Waals surface area contributed by atoms with Gasteiger partial charge in [-0.05, 0) is 30.3 Å². The third-order valence-electron chi connectivity index (χ3n) is 2.74. The number of hydrogen-bond donors (Lipinski definition) is 2. The van der Waals surface area contributed by atoms with E-state index in [2.05, 4.69) is 5.32 Å². The smallest absolute Gasteiger partial charge is 0.274 e. The highest BCUT2D eigenvalue weighted by atomic mass is 35.5. The number of rotatable bonds is 4. The number of carbonyl (C=O) groups excluding carboxylic acids is 2. The fraction of sp³-hybridized carbons (Fsp3) is 0.143. The minimum Gasteiger partial charge on any atom is -0.399 e. The van der Waals surface area contributed by atoms with Crippen molar-refractivity contribution in [3.8, 4) is 0 Å². The second kappa shape index (κ2) is 6.69. The summed E-state index contributed by atoms with van der Waals surface area (Å²) in [6, 6.07) is 8.43. The first-order valence-corrected chi connectivity index (χ1v) is 7.47. The van der Waals surface area contributed by atoms with E-state index < -0.39 is 5.91 Å². The molecule has 0 bridgehead atoms. The van der Waals surface area contributed by atoms with Gasteiger partial charge in [0.25, 0.3) is 5.91 Å². The standard InChI is InChI=1S/C14H14ClN3O2S/c1-18-6-2-3-11(18)14(20)17-13(19)8-21-12-7-9(16)4-5-10(12)15/h2-7H,8,16H2,1H3,(H,17,19,20). The normalized spacial score (nSPS) is 10.4. The van der Waals surface area contributed by atoms with E-state index in [-0.39, 0.29) is 11.7 Å². The van der Waals surface area contributed by atoms with Crippen LogP contribution in [0.25, 0.3) is 0 Å². The van der Waals surface area contributed by atoms with Gasteiger partial charge in [-0.3, -0.25) is 14.9 Å². The maximum atomic E-state index is 11.9. The first kappa shape index (κ1) is 15.5. The van der Waals surface area contributed by atoms with Crippen LogP contribution in [0.2, 0.25) is 5.02 Å². The average molecular weight is 324 g/mol. The van der Waals surface area contributed by atoms with E-state index in [1.54, 1.807) is 48.1 Å². The molecule has 21 heavy (non-hydrogen) atoms. The van der Waals surface area contributed by atoms with Gasteiger partial charge in [0, 0.05) is 23.8 Å². The van der Waals surface area contributed by atoms with Crippen LogP contribution in [-0.2, 0) is 11.8 Å². The Balaban J connectivity index is 1.92. The van der Waals surface area contributed by atoms with Crippen LogP contribution in [0, 0.1) is 0 Å². The molecular weight excluding hydrogens is 310 g/mol. The fourth-order valence-electron chi connectivity index (χ4n) is 1.70. The summed E-state index contributed by atoms with van der Waals surface area (Å²) in [5.74, 6) is -0.726. The van der Waals surface area contributed by atoms with Crippen LogP contribution >= 0.6 is 23.4 Å². The summed E-state index contributed by atoms with van der Waals surface area (Å²) in [6.07, 6.45) is 1.74. The molecule has 0 radical (unpaired) electrons. The van der Waals surface area contributed by atoms with Crippen molar-refractivity contribution in [1.82, 2.24) is 9.88 Å². The van der Waals surface area contributed by atoms with Crippen LogP contribution < -0.4 is 11.1 Å². The summed E-state index contributed by atoms with van der Waals surface area (Å²) in [4.78, 5) is 24.4. The monoisotopic (exact) mass is 323 g/mol. The molecule has 5 nitrogen and oxygen atoms in total. The Morgan fingerprint density at radius 2 is 2.14 bits per heavy atom. The third kappa shape index (κ3) is 4.03. The zero-order valence-corrected chi connectivity index (χ0v) is 12.9. The molecule has 2 aromatic rings. The molecule has 3 N–H and O–H groups in total. The molecule has 1 aromatic carbocycles. The lowest BCUT2D eigenvalue weighted by Crippen LogP contribution is -2.32. The van der Waals surface area contributed by atoms with Crippen LogP contribution in [0.3, 0.4) is 0 Å². The van der Waals surface area contributed by atoms with Gasteiger partial charge >= 0.3 is 0 Å². The highest BCUT2D eigenvalue weighted by Crippen LogP contribution is 2.28. The van der Waals surface area contributed by atoms with Crippen LogP contribution in [0.15, 0.2) is 41.4 Å². The third-order valence-corrected chi connectivity index (χ3v) is 4.24. The molecule has 0 fully saturated rings. The fourth-order valence-corrected chi connectivity index (χ4v) is 2.76. The van der Waals surface area contributed by atoms with E-state index >= 15 is 0 Å². The van der Waals surface area contributed by atoms with Crippen molar-refractivity contribution in [2.24, 2.45) is 7.05 Å². The molecular formula is C14H14ClN3O2S. The molecule has 0 atom stereocenters. The number of thioether (sulfide) groups is 1. The molecule has 2 amide bonds. The van der Waals surface area contributed by atoms with Gasteiger partial charge in [-0.25, -0.2) is 0 Å². The number of nitrogens with zero attached hydrogens (tertiary/aromatic N) is 1. The van der Waals surface area contributed by atoms with Gasteiger partial charge in [-0.1, -0.05) is 11.6 Å². The van der Waals surface area contributed by atoms with Gasteiger partial charge in [0.15, 0.2) is 0 Å². The number of anilines is 1. The number of imide groups is 1. The van der Waals surface area contributed by atoms with Crippen molar-refractivity contribution in [2.75, 3.05) is 11.5 Å². The van der Waals surface area contributed by atoms with Gasteiger partial charge in [0.1, 0.15) is 5.69 Å². The minimum atomic E-state index is -0.424. The number of amides is 2. The van der Waals surface area contributed by atoms with Crippen molar-refractivity contribution < 1.29 is 9.59 Å². The van der Waals surface area contributed by atoms with Crippen molar-refractivity contribution >= 4 is 40.9 Å². The lowest BCUT2D eigenvalue weighted by atomic mass is 10.3. The van der Waals surface area contributed by atoms with E-state index in [4.69, 9.17) is 17.3 Å². The summed E-state index contributed by atoms with van der Waals surface area (Å²) >= 11 is 7.24. The Kier molecular flexibility index (Phi) is 4.93. The zero-order valence-electron chi connectivity index (χ0n) is 11.3. The molecule has 2 rings (SSSR count). The molecule has 0 saturated heterocycles. The topological polar surface area (TPSA) is 77.1 Å². The van der Waals surface area contributed by atoms with E-state index in [1.165, 1.54) is 11.8 Å². The molecule has 0 unspecified atom stereocenters.